The van der Waals surface area contributed by atoms with Crippen molar-refractivity contribution in [2.45, 2.75) is 38.5 Å². The lowest BCUT2D eigenvalue weighted by molar-refractivity contribution is -0.121. The number of hydrazine groups is 1. The molecule has 28 heavy (non-hydrogen) atoms. The SMILES string of the molecule is O=C(CCc1ncc(-c2ccccc2)o1)NNC(=O)c1cc2c(s1)CCCC2. The van der Waals surface area contributed by atoms with Crippen molar-refractivity contribution >= 4 is 23.2 Å². The summed E-state index contributed by atoms with van der Waals surface area (Å²) in [6, 6.07) is 11.6. The van der Waals surface area contributed by atoms with Crippen LogP contribution in [0, 0.1) is 0 Å². The lowest BCUT2D eigenvalue weighted by Gasteiger charge is -2.08. The fourth-order valence-electron chi connectivity index (χ4n) is 3.24. The average molecular weight is 395 g/mol. The van der Waals surface area contributed by atoms with Crippen LogP contribution in [0.4, 0.5) is 0 Å². The number of carbonyl (C=O) groups is 2. The quantitative estimate of drug-likeness (QED) is 0.646. The van der Waals surface area contributed by atoms with E-state index in [1.54, 1.807) is 6.20 Å². The summed E-state index contributed by atoms with van der Waals surface area (Å²) in [5.41, 5.74) is 7.18. The summed E-state index contributed by atoms with van der Waals surface area (Å²) in [6.07, 6.45) is 6.63. The van der Waals surface area contributed by atoms with Crippen molar-refractivity contribution in [3.8, 4) is 11.3 Å². The van der Waals surface area contributed by atoms with Crippen molar-refractivity contribution < 1.29 is 14.0 Å². The maximum absolute atomic E-state index is 12.3. The number of aryl methyl sites for hydroxylation is 3. The highest BCUT2D eigenvalue weighted by atomic mass is 32.1. The first kappa shape index (κ1) is 18.4. The Kier molecular flexibility index (Phi) is 5.53. The fourth-order valence-corrected chi connectivity index (χ4v) is 4.38. The minimum absolute atomic E-state index is 0.177. The van der Waals surface area contributed by atoms with Crippen molar-refractivity contribution in [3.05, 3.63) is 63.8 Å². The van der Waals surface area contributed by atoms with Crippen molar-refractivity contribution in [2.24, 2.45) is 0 Å². The third-order valence-corrected chi connectivity index (χ3v) is 5.95. The number of carbonyl (C=O) groups excluding carboxylic acids is 2. The summed E-state index contributed by atoms with van der Waals surface area (Å²) in [6.45, 7) is 0. The van der Waals surface area contributed by atoms with E-state index < -0.39 is 0 Å². The summed E-state index contributed by atoms with van der Waals surface area (Å²) in [5.74, 6) is 0.613. The van der Waals surface area contributed by atoms with Crippen molar-refractivity contribution in [1.82, 2.24) is 15.8 Å². The van der Waals surface area contributed by atoms with Gasteiger partial charge in [0.25, 0.3) is 5.91 Å². The Morgan fingerprint density at radius 3 is 2.75 bits per heavy atom. The molecule has 0 unspecified atom stereocenters. The zero-order valence-corrected chi connectivity index (χ0v) is 16.2. The highest BCUT2D eigenvalue weighted by Crippen LogP contribution is 2.29. The molecule has 0 fully saturated rings. The first-order valence-electron chi connectivity index (χ1n) is 9.40. The Hall–Kier alpha value is -2.93. The first-order chi connectivity index (χ1) is 13.7. The van der Waals surface area contributed by atoms with Crippen molar-refractivity contribution in [1.29, 1.82) is 0 Å². The van der Waals surface area contributed by atoms with Gasteiger partial charge < -0.3 is 4.42 Å². The topological polar surface area (TPSA) is 84.2 Å². The van der Waals surface area contributed by atoms with Gasteiger partial charge in [-0.25, -0.2) is 4.98 Å². The molecule has 144 valence electrons. The Morgan fingerprint density at radius 2 is 1.93 bits per heavy atom. The van der Waals surface area contributed by atoms with E-state index in [9.17, 15) is 9.59 Å². The van der Waals surface area contributed by atoms with Gasteiger partial charge in [0.1, 0.15) is 0 Å². The van der Waals surface area contributed by atoms with Crippen LogP contribution in [0.5, 0.6) is 0 Å². The maximum Gasteiger partial charge on any atom is 0.279 e. The van der Waals surface area contributed by atoms with Gasteiger partial charge in [-0.1, -0.05) is 30.3 Å². The van der Waals surface area contributed by atoms with Crippen LogP contribution in [0.15, 0.2) is 47.0 Å². The number of thiophene rings is 1. The summed E-state index contributed by atoms with van der Waals surface area (Å²) in [5, 5.41) is 0. The third kappa shape index (κ3) is 4.31. The number of rotatable bonds is 5. The molecular formula is C21H21N3O3S. The molecule has 0 atom stereocenters. The number of nitrogens with zero attached hydrogens (tertiary/aromatic N) is 1. The van der Waals surface area contributed by atoms with Crippen LogP contribution < -0.4 is 10.9 Å². The zero-order chi connectivity index (χ0) is 19.3. The molecule has 2 amide bonds. The molecule has 0 saturated heterocycles. The van der Waals surface area contributed by atoms with Gasteiger partial charge >= 0.3 is 0 Å². The minimum Gasteiger partial charge on any atom is -0.441 e. The Labute approximate surface area is 167 Å². The second kappa shape index (κ2) is 8.39. The van der Waals surface area contributed by atoms with Gasteiger partial charge in [0.15, 0.2) is 11.7 Å². The Morgan fingerprint density at radius 1 is 1.11 bits per heavy atom. The molecule has 1 aliphatic rings. The largest absolute Gasteiger partial charge is 0.441 e. The first-order valence-corrected chi connectivity index (χ1v) is 10.2. The van der Waals surface area contributed by atoms with E-state index in [4.69, 9.17) is 4.42 Å². The number of hydrogen-bond donors (Lipinski definition) is 2. The molecule has 0 bridgehead atoms. The lowest BCUT2D eigenvalue weighted by Crippen LogP contribution is -2.41. The molecule has 0 saturated carbocycles. The predicted octanol–water partition coefficient (Wildman–Crippen LogP) is 3.68. The predicted molar refractivity (Wildman–Crippen MR) is 107 cm³/mol. The van der Waals surface area contributed by atoms with E-state index in [2.05, 4.69) is 15.8 Å². The van der Waals surface area contributed by atoms with E-state index in [0.29, 0.717) is 22.9 Å². The molecule has 2 heterocycles. The molecule has 6 nitrogen and oxygen atoms in total. The van der Waals surface area contributed by atoms with Crippen LogP contribution in [-0.4, -0.2) is 16.8 Å². The molecule has 1 aromatic carbocycles. The van der Waals surface area contributed by atoms with Gasteiger partial charge in [0.05, 0.1) is 11.1 Å². The van der Waals surface area contributed by atoms with Crippen molar-refractivity contribution in [2.75, 3.05) is 0 Å². The molecule has 3 aromatic rings. The molecule has 1 aliphatic carbocycles. The summed E-state index contributed by atoms with van der Waals surface area (Å²) < 4.78 is 5.68. The molecule has 4 rings (SSSR count). The van der Waals surface area contributed by atoms with Gasteiger partial charge in [0, 0.05) is 23.3 Å². The number of fused-ring (bicyclic) bond motifs is 1. The van der Waals surface area contributed by atoms with Gasteiger partial charge in [-0.3, -0.25) is 20.4 Å². The standard InChI is InChI=1S/C21H21N3O3S/c25-19(10-11-20-22-13-16(27-20)14-6-2-1-3-7-14)23-24-21(26)18-12-15-8-4-5-9-17(15)28-18/h1-3,6-7,12-13H,4-5,8-11H2,(H,23,25)(H,24,26). The van der Waals surface area contributed by atoms with Crippen LogP contribution in [0.3, 0.4) is 0 Å². The van der Waals surface area contributed by atoms with Crippen LogP contribution in [0.25, 0.3) is 11.3 Å². The smallest absolute Gasteiger partial charge is 0.279 e. The van der Waals surface area contributed by atoms with Crippen LogP contribution in [0.1, 0.15) is 45.3 Å². The number of aromatic nitrogens is 1. The van der Waals surface area contributed by atoms with Crippen LogP contribution in [0.2, 0.25) is 0 Å². The molecule has 0 aliphatic heterocycles. The second-order valence-electron chi connectivity index (χ2n) is 6.75. The van der Waals surface area contributed by atoms with Crippen molar-refractivity contribution in [3.63, 3.8) is 0 Å². The number of benzene rings is 1. The second-order valence-corrected chi connectivity index (χ2v) is 7.89. The van der Waals surface area contributed by atoms with E-state index in [-0.39, 0.29) is 18.2 Å². The van der Waals surface area contributed by atoms with E-state index in [0.717, 1.165) is 18.4 Å². The Balaban J connectivity index is 1.25. The fraction of sp³-hybridized carbons (Fsp3) is 0.286. The number of nitrogens with one attached hydrogen (secondary N) is 2. The van der Waals surface area contributed by atoms with E-state index >= 15 is 0 Å². The number of amides is 2. The zero-order valence-electron chi connectivity index (χ0n) is 15.4. The summed E-state index contributed by atoms with van der Waals surface area (Å²) >= 11 is 1.52. The molecular weight excluding hydrogens is 374 g/mol. The highest BCUT2D eigenvalue weighted by Gasteiger charge is 2.17. The van der Waals surface area contributed by atoms with Crippen LogP contribution in [-0.2, 0) is 24.1 Å². The summed E-state index contributed by atoms with van der Waals surface area (Å²) in [7, 11) is 0. The molecule has 0 spiro atoms. The van der Waals surface area contributed by atoms with E-state index in [1.807, 2.05) is 36.4 Å². The molecule has 7 heteroatoms. The van der Waals surface area contributed by atoms with Gasteiger partial charge in [-0.05, 0) is 37.3 Å². The average Bonchev–Trinajstić information content (AvgIpc) is 3.38. The number of hydrogen-bond acceptors (Lipinski definition) is 5. The minimum atomic E-state index is -0.283. The monoisotopic (exact) mass is 395 g/mol. The third-order valence-electron chi connectivity index (χ3n) is 4.71. The normalized spacial score (nSPS) is 13.0. The molecule has 2 N–H and O–H groups in total. The lowest BCUT2D eigenvalue weighted by atomic mass is 9.99. The van der Waals surface area contributed by atoms with Crippen LogP contribution >= 0.6 is 11.3 Å². The molecule has 2 aromatic heterocycles. The summed E-state index contributed by atoms with van der Waals surface area (Å²) in [4.78, 5) is 30.4. The van der Waals surface area contributed by atoms with Gasteiger partial charge in [0.2, 0.25) is 5.91 Å². The number of oxazole rings is 1. The van der Waals surface area contributed by atoms with Gasteiger partial charge in [-0.15, -0.1) is 11.3 Å². The van der Waals surface area contributed by atoms with E-state index in [1.165, 1.54) is 34.6 Å². The van der Waals surface area contributed by atoms with Gasteiger partial charge in [-0.2, -0.15) is 0 Å². The Bertz CT molecular complexity index is 954. The highest BCUT2D eigenvalue weighted by molar-refractivity contribution is 7.14. The maximum atomic E-state index is 12.3. The molecule has 0 radical (unpaired) electrons.